The number of thiocarbonyl (C=S) groups is 1. The Balaban J connectivity index is 1.72. The predicted octanol–water partition coefficient (Wildman–Crippen LogP) is 0.614. The second kappa shape index (κ2) is 8.64. The van der Waals surface area contributed by atoms with Crippen molar-refractivity contribution in [2.45, 2.75) is 12.8 Å². The van der Waals surface area contributed by atoms with Gasteiger partial charge in [0.05, 0.1) is 17.9 Å². The molecule has 0 aromatic heterocycles. The van der Waals surface area contributed by atoms with E-state index >= 15 is 0 Å². The Labute approximate surface area is 143 Å². The third-order valence-corrected chi connectivity index (χ3v) is 4.76. The van der Waals surface area contributed by atoms with Gasteiger partial charge in [-0.15, -0.1) is 0 Å². The number of carboxylic acid groups (broad SMARTS) is 1. The largest absolute Gasteiger partial charge is 0.545 e. The summed E-state index contributed by atoms with van der Waals surface area (Å²) in [6, 6.07) is 6.00. The van der Waals surface area contributed by atoms with Crippen LogP contribution in [0.1, 0.15) is 28.8 Å². The quantitative estimate of drug-likeness (QED) is 0.476. The number of hydrogen-bond donors (Lipinski definition) is 1. The second-order valence-electron chi connectivity index (χ2n) is 4.95. The summed E-state index contributed by atoms with van der Waals surface area (Å²) in [4.78, 5) is 24.4. The zero-order valence-corrected chi connectivity index (χ0v) is 14.0. The van der Waals surface area contributed by atoms with E-state index < -0.39 is 5.97 Å². The SMILES string of the molecule is O=C(CSC(=S)N1CCCC1)N/N=C\c1ccc(C(=O)[O-])cc1. The van der Waals surface area contributed by atoms with Crippen molar-refractivity contribution in [1.29, 1.82) is 0 Å². The highest BCUT2D eigenvalue weighted by molar-refractivity contribution is 8.23. The van der Waals surface area contributed by atoms with Gasteiger partial charge in [-0.05, 0) is 24.0 Å². The summed E-state index contributed by atoms with van der Waals surface area (Å²) >= 11 is 6.60. The van der Waals surface area contributed by atoms with Gasteiger partial charge in [-0.2, -0.15) is 5.10 Å². The van der Waals surface area contributed by atoms with Gasteiger partial charge >= 0.3 is 0 Å². The van der Waals surface area contributed by atoms with Crippen LogP contribution in [0.4, 0.5) is 0 Å². The Hall–Kier alpha value is -1.93. The molecule has 8 heteroatoms. The molecule has 0 saturated carbocycles. The number of carbonyl (C=O) groups excluding carboxylic acids is 2. The van der Waals surface area contributed by atoms with Gasteiger partial charge in [-0.3, -0.25) is 4.79 Å². The molecule has 0 bridgehead atoms. The van der Waals surface area contributed by atoms with E-state index in [1.54, 1.807) is 12.1 Å². The molecule has 1 fully saturated rings. The number of hydrazone groups is 1. The molecule has 1 aliphatic heterocycles. The number of rotatable bonds is 5. The fourth-order valence-electron chi connectivity index (χ4n) is 2.03. The van der Waals surface area contributed by atoms with E-state index in [0.29, 0.717) is 5.56 Å². The monoisotopic (exact) mass is 350 g/mol. The van der Waals surface area contributed by atoms with Crippen molar-refractivity contribution < 1.29 is 14.7 Å². The molecule has 0 radical (unpaired) electrons. The number of amides is 1. The van der Waals surface area contributed by atoms with Gasteiger partial charge in [0.2, 0.25) is 0 Å². The molecular formula is C15H16N3O3S2-. The van der Waals surface area contributed by atoms with Crippen LogP contribution >= 0.6 is 24.0 Å². The minimum Gasteiger partial charge on any atom is -0.545 e. The highest BCUT2D eigenvalue weighted by Crippen LogP contribution is 2.15. The Kier molecular flexibility index (Phi) is 6.54. The second-order valence-corrected chi connectivity index (χ2v) is 6.56. The topological polar surface area (TPSA) is 84.8 Å². The zero-order chi connectivity index (χ0) is 16.7. The third kappa shape index (κ3) is 5.65. The molecule has 1 heterocycles. The van der Waals surface area contributed by atoms with Gasteiger partial charge < -0.3 is 14.8 Å². The molecule has 1 N–H and O–H groups in total. The summed E-state index contributed by atoms with van der Waals surface area (Å²) in [5.41, 5.74) is 3.19. The number of nitrogens with one attached hydrogen (secondary N) is 1. The molecule has 0 spiro atoms. The summed E-state index contributed by atoms with van der Waals surface area (Å²) in [5.74, 6) is -1.25. The number of likely N-dealkylation sites (tertiary alicyclic amines) is 1. The van der Waals surface area contributed by atoms with Crippen molar-refractivity contribution in [3.05, 3.63) is 35.4 Å². The van der Waals surface area contributed by atoms with Crippen LogP contribution in [0, 0.1) is 0 Å². The van der Waals surface area contributed by atoms with Gasteiger partial charge in [-0.1, -0.05) is 48.2 Å². The first-order valence-electron chi connectivity index (χ1n) is 7.11. The van der Waals surface area contributed by atoms with Crippen LogP contribution in [-0.2, 0) is 4.79 Å². The summed E-state index contributed by atoms with van der Waals surface area (Å²) in [6.07, 6.45) is 3.74. The molecule has 0 aliphatic carbocycles. The molecule has 1 aromatic rings. The van der Waals surface area contributed by atoms with E-state index in [-0.39, 0.29) is 17.2 Å². The van der Waals surface area contributed by atoms with Gasteiger partial charge in [0.1, 0.15) is 4.32 Å². The fraction of sp³-hybridized carbons (Fsp3) is 0.333. The van der Waals surface area contributed by atoms with Gasteiger partial charge in [0.25, 0.3) is 5.91 Å². The first kappa shape index (κ1) is 17.4. The number of carbonyl (C=O) groups is 2. The van der Waals surface area contributed by atoms with Crippen molar-refractivity contribution >= 4 is 46.4 Å². The van der Waals surface area contributed by atoms with Crippen LogP contribution in [0.5, 0.6) is 0 Å². The Bertz CT molecular complexity index is 611. The molecule has 2 rings (SSSR count). The summed E-state index contributed by atoms with van der Waals surface area (Å²) in [5, 5.41) is 14.5. The fourth-order valence-corrected chi connectivity index (χ4v) is 3.08. The van der Waals surface area contributed by atoms with Crippen molar-refractivity contribution in [2.75, 3.05) is 18.8 Å². The van der Waals surface area contributed by atoms with Crippen LogP contribution < -0.4 is 10.5 Å². The number of carboxylic acids is 1. The lowest BCUT2D eigenvalue weighted by Gasteiger charge is -2.16. The lowest BCUT2D eigenvalue weighted by atomic mass is 10.1. The van der Waals surface area contributed by atoms with Crippen LogP contribution in [0.2, 0.25) is 0 Å². The molecule has 1 aliphatic rings. The van der Waals surface area contributed by atoms with Gasteiger partial charge in [0.15, 0.2) is 0 Å². The van der Waals surface area contributed by atoms with E-state index in [4.69, 9.17) is 12.2 Å². The molecule has 1 aromatic carbocycles. The highest BCUT2D eigenvalue weighted by atomic mass is 32.2. The van der Waals surface area contributed by atoms with E-state index in [2.05, 4.69) is 15.4 Å². The molecule has 1 saturated heterocycles. The summed E-state index contributed by atoms with van der Waals surface area (Å²) in [6.45, 7) is 1.93. The lowest BCUT2D eigenvalue weighted by molar-refractivity contribution is -0.255. The Morgan fingerprint density at radius 3 is 2.57 bits per heavy atom. The molecule has 6 nitrogen and oxygen atoms in total. The van der Waals surface area contributed by atoms with Crippen molar-refractivity contribution in [2.24, 2.45) is 5.10 Å². The number of hydrogen-bond acceptors (Lipinski definition) is 6. The molecule has 23 heavy (non-hydrogen) atoms. The zero-order valence-electron chi connectivity index (χ0n) is 12.4. The number of benzene rings is 1. The first-order valence-corrected chi connectivity index (χ1v) is 8.50. The first-order chi connectivity index (χ1) is 11.1. The third-order valence-electron chi connectivity index (χ3n) is 3.24. The Morgan fingerprint density at radius 1 is 1.30 bits per heavy atom. The van der Waals surface area contributed by atoms with Crippen molar-refractivity contribution in [1.82, 2.24) is 10.3 Å². The van der Waals surface area contributed by atoms with E-state index in [1.165, 1.54) is 30.1 Å². The summed E-state index contributed by atoms with van der Waals surface area (Å²) < 4.78 is 0.750. The predicted molar refractivity (Wildman–Crippen MR) is 92.4 cm³/mol. The average molecular weight is 350 g/mol. The number of thioether (sulfide) groups is 1. The summed E-state index contributed by atoms with van der Waals surface area (Å²) in [7, 11) is 0. The maximum absolute atomic E-state index is 11.7. The number of nitrogens with zero attached hydrogens (tertiary/aromatic N) is 2. The van der Waals surface area contributed by atoms with Crippen LogP contribution in [0.25, 0.3) is 0 Å². The molecule has 122 valence electrons. The van der Waals surface area contributed by atoms with Crippen molar-refractivity contribution in [3.63, 3.8) is 0 Å². The van der Waals surface area contributed by atoms with Crippen LogP contribution in [0.3, 0.4) is 0 Å². The van der Waals surface area contributed by atoms with Gasteiger partial charge in [0, 0.05) is 13.1 Å². The maximum atomic E-state index is 11.7. The lowest BCUT2D eigenvalue weighted by Crippen LogP contribution is -2.26. The van der Waals surface area contributed by atoms with E-state index in [0.717, 1.165) is 30.3 Å². The standard InChI is InChI=1S/C15H17N3O3S2/c19-13(10-23-15(22)18-7-1-2-8-18)17-16-9-11-3-5-12(6-4-11)14(20)21/h3-6,9H,1-2,7-8,10H2,(H,17,19)(H,20,21)/p-1/b16-9-. The molecule has 1 amide bonds. The van der Waals surface area contributed by atoms with Gasteiger partial charge in [-0.25, -0.2) is 5.43 Å². The maximum Gasteiger partial charge on any atom is 0.250 e. The molecular weight excluding hydrogens is 334 g/mol. The van der Waals surface area contributed by atoms with Crippen molar-refractivity contribution in [3.8, 4) is 0 Å². The van der Waals surface area contributed by atoms with Crippen LogP contribution in [0.15, 0.2) is 29.4 Å². The van der Waals surface area contributed by atoms with E-state index in [9.17, 15) is 14.7 Å². The highest BCUT2D eigenvalue weighted by Gasteiger charge is 2.15. The van der Waals surface area contributed by atoms with Crippen LogP contribution in [-0.4, -0.2) is 46.2 Å². The normalized spacial score (nSPS) is 14.2. The Morgan fingerprint density at radius 2 is 1.96 bits per heavy atom. The molecule has 0 unspecified atom stereocenters. The minimum absolute atomic E-state index is 0.0954. The molecule has 0 atom stereocenters. The smallest absolute Gasteiger partial charge is 0.250 e. The number of aromatic carboxylic acids is 1. The average Bonchev–Trinajstić information content (AvgIpc) is 3.07. The minimum atomic E-state index is -1.23. The van der Waals surface area contributed by atoms with E-state index in [1.807, 2.05) is 0 Å².